The predicted octanol–water partition coefficient (Wildman–Crippen LogP) is -0.219. The Morgan fingerprint density at radius 3 is 1.44 bits per heavy atom. The molecule has 0 unspecified atom stereocenters. The third-order valence-electron chi connectivity index (χ3n) is 13.5. The molecule has 0 aliphatic rings. The minimum absolute atomic E-state index is 0.921. The highest BCUT2D eigenvalue weighted by Gasteiger charge is 2.27. The van der Waals surface area contributed by atoms with Crippen LogP contribution >= 0.6 is 0 Å². The first-order chi connectivity index (χ1) is 27.7. The number of hydrogen-bond donors (Lipinski definition) is 0. The second-order valence-corrected chi connectivity index (χ2v) is 16.2. The Morgan fingerprint density at radius 1 is 0.316 bits per heavy atom. The molecule has 0 N–H and O–H groups in total. The standard InChI is InChI=1S/C48H38B8O/c49-40-36-33(26-19-20-27(23-10-3-1-4-11-23)31(22-26)24-12-5-2-6-13-24)37-39(43(52)47(56)45(54)41(37)50)35(38(36)42(51)46(55)44(40)53)29-16-9-17-32-34(29)30-21-18-25-14-7-8-15-28(25)48(30)57-32/h1-22H,49-56H2. The Morgan fingerprint density at radius 2 is 0.842 bits per heavy atom. The molecule has 9 heteroatoms. The first-order valence-electron chi connectivity index (χ1n) is 20.2. The second-order valence-electron chi connectivity index (χ2n) is 16.2. The van der Waals surface area contributed by atoms with E-state index in [0.29, 0.717) is 0 Å². The van der Waals surface area contributed by atoms with Crippen molar-refractivity contribution in [1.82, 2.24) is 0 Å². The molecule has 1 nitrogen and oxygen atoms in total. The SMILES string of the molecule is Bc1c(B)c(B)c2c(-c3cccc4oc5c6ccccc6ccc5c34)c3c(B)c(B)c(B)c(B)c3c(-c3ccc(-c4ccccc4)c(-c4ccccc4)c3)c2c1B. The van der Waals surface area contributed by atoms with Gasteiger partial charge in [-0.2, -0.15) is 0 Å². The lowest BCUT2D eigenvalue weighted by atomic mass is 9.59. The highest BCUT2D eigenvalue weighted by atomic mass is 16.3. The van der Waals surface area contributed by atoms with Gasteiger partial charge >= 0.3 is 0 Å². The lowest BCUT2D eigenvalue weighted by molar-refractivity contribution is 0.673. The lowest BCUT2D eigenvalue weighted by Gasteiger charge is -2.28. The number of benzene rings is 9. The maximum atomic E-state index is 6.84. The van der Waals surface area contributed by atoms with E-state index in [4.69, 9.17) is 4.42 Å². The van der Waals surface area contributed by atoms with Crippen LogP contribution in [0.5, 0.6) is 0 Å². The van der Waals surface area contributed by atoms with Crippen LogP contribution in [-0.2, 0) is 0 Å². The summed E-state index contributed by atoms with van der Waals surface area (Å²) in [7, 11) is 18.6. The van der Waals surface area contributed by atoms with E-state index in [1.54, 1.807) is 0 Å². The van der Waals surface area contributed by atoms with E-state index in [9.17, 15) is 0 Å². The van der Waals surface area contributed by atoms with Gasteiger partial charge in [0.15, 0.2) is 0 Å². The van der Waals surface area contributed by atoms with E-state index < -0.39 is 0 Å². The third-order valence-corrected chi connectivity index (χ3v) is 13.5. The quantitative estimate of drug-likeness (QED) is 0.182. The number of hydrogen-bond acceptors (Lipinski definition) is 1. The minimum Gasteiger partial charge on any atom is -0.455 e. The van der Waals surface area contributed by atoms with Crippen molar-refractivity contribution in [2.24, 2.45) is 0 Å². The molecule has 0 fully saturated rings. The summed E-state index contributed by atoms with van der Waals surface area (Å²) < 4.78 is 6.84. The van der Waals surface area contributed by atoms with Crippen LogP contribution in [0.25, 0.3) is 98.8 Å². The van der Waals surface area contributed by atoms with E-state index in [0.717, 1.165) is 21.9 Å². The molecule has 0 aliphatic carbocycles. The Balaban J connectivity index is 1.43. The summed E-state index contributed by atoms with van der Waals surface area (Å²) >= 11 is 0. The summed E-state index contributed by atoms with van der Waals surface area (Å²) in [5.41, 5.74) is 22.6. The van der Waals surface area contributed by atoms with E-state index in [1.165, 1.54) is 121 Å². The van der Waals surface area contributed by atoms with Crippen LogP contribution in [0.4, 0.5) is 0 Å². The summed E-state index contributed by atoms with van der Waals surface area (Å²) in [6.45, 7) is 0. The molecule has 10 aromatic rings. The molecule has 0 saturated carbocycles. The fourth-order valence-electron chi connectivity index (χ4n) is 9.87. The number of furan rings is 1. The molecule has 0 bridgehead atoms. The van der Waals surface area contributed by atoms with Gasteiger partial charge in [0.25, 0.3) is 0 Å². The average Bonchev–Trinajstić information content (AvgIpc) is 3.65. The van der Waals surface area contributed by atoms with Crippen LogP contribution < -0.4 is 43.7 Å². The molecular formula is C48H38B8O. The zero-order chi connectivity index (χ0) is 39.3. The molecule has 0 amide bonds. The average molecular weight is 717 g/mol. The van der Waals surface area contributed by atoms with Gasteiger partial charge in [-0.25, -0.2) is 0 Å². The van der Waals surface area contributed by atoms with Crippen LogP contribution in [0.1, 0.15) is 0 Å². The summed E-state index contributed by atoms with van der Waals surface area (Å²) in [5, 5.41) is 10.0. The van der Waals surface area contributed by atoms with Crippen LogP contribution in [-0.4, -0.2) is 62.8 Å². The van der Waals surface area contributed by atoms with Crippen LogP contribution in [0.15, 0.2) is 138 Å². The normalized spacial score (nSPS) is 11.7. The molecule has 1 heterocycles. The van der Waals surface area contributed by atoms with E-state index in [-0.39, 0.29) is 0 Å². The molecule has 1 aromatic heterocycles. The maximum Gasteiger partial charge on any atom is 0.143 e. The fourth-order valence-corrected chi connectivity index (χ4v) is 9.87. The van der Waals surface area contributed by atoms with Gasteiger partial charge in [0, 0.05) is 16.2 Å². The van der Waals surface area contributed by atoms with Crippen molar-refractivity contribution in [2.75, 3.05) is 0 Å². The summed E-state index contributed by atoms with van der Waals surface area (Å²) in [6.07, 6.45) is 0. The predicted molar refractivity (Wildman–Crippen MR) is 273 cm³/mol. The van der Waals surface area contributed by atoms with Crippen molar-refractivity contribution < 1.29 is 4.42 Å². The molecule has 260 valence electrons. The maximum absolute atomic E-state index is 6.84. The molecule has 0 aliphatic heterocycles. The first kappa shape index (κ1) is 35.5. The zero-order valence-corrected chi connectivity index (χ0v) is 34.1. The van der Waals surface area contributed by atoms with Gasteiger partial charge in [-0.1, -0.05) is 137 Å². The van der Waals surface area contributed by atoms with Crippen LogP contribution in [0.2, 0.25) is 0 Å². The molecule has 9 aromatic carbocycles. The zero-order valence-electron chi connectivity index (χ0n) is 34.1. The molecule has 10 rings (SSSR count). The minimum atomic E-state index is 0.921. The molecule has 0 saturated heterocycles. The second kappa shape index (κ2) is 13.3. The molecule has 0 radical (unpaired) electrons. The van der Waals surface area contributed by atoms with Crippen molar-refractivity contribution in [2.45, 2.75) is 0 Å². The van der Waals surface area contributed by atoms with E-state index in [2.05, 4.69) is 196 Å². The van der Waals surface area contributed by atoms with Gasteiger partial charge in [0.05, 0.1) is 0 Å². The Hall–Kier alpha value is -5.92. The molecular weight excluding hydrogens is 679 g/mol. The highest BCUT2D eigenvalue weighted by Crippen LogP contribution is 2.46. The van der Waals surface area contributed by atoms with Gasteiger partial charge in [-0.05, 0) is 89.6 Å². The Kier molecular flexibility index (Phi) is 8.31. The Labute approximate surface area is 341 Å². The smallest absolute Gasteiger partial charge is 0.143 e. The van der Waals surface area contributed by atoms with Crippen molar-refractivity contribution >= 4 is 161 Å². The van der Waals surface area contributed by atoms with E-state index >= 15 is 0 Å². The lowest BCUT2D eigenvalue weighted by Crippen LogP contribution is -2.50. The van der Waals surface area contributed by atoms with Gasteiger partial charge in [0.2, 0.25) is 0 Å². The summed E-state index contributed by atoms with van der Waals surface area (Å²) in [4.78, 5) is 0. The monoisotopic (exact) mass is 718 g/mol. The fraction of sp³-hybridized carbons (Fsp3) is 0. The van der Waals surface area contributed by atoms with Gasteiger partial charge < -0.3 is 4.42 Å². The van der Waals surface area contributed by atoms with Gasteiger partial charge in [-0.15, -0.1) is 21.9 Å². The molecule has 57 heavy (non-hydrogen) atoms. The summed E-state index contributed by atoms with van der Waals surface area (Å²) in [5.74, 6) is 0. The van der Waals surface area contributed by atoms with Crippen molar-refractivity contribution in [3.63, 3.8) is 0 Å². The molecule has 0 atom stereocenters. The van der Waals surface area contributed by atoms with Crippen LogP contribution in [0.3, 0.4) is 0 Å². The number of fused-ring (bicyclic) bond motifs is 7. The van der Waals surface area contributed by atoms with Crippen molar-refractivity contribution in [3.05, 3.63) is 133 Å². The van der Waals surface area contributed by atoms with Gasteiger partial charge in [0.1, 0.15) is 73.9 Å². The van der Waals surface area contributed by atoms with Crippen molar-refractivity contribution in [1.29, 1.82) is 0 Å². The largest absolute Gasteiger partial charge is 0.455 e. The van der Waals surface area contributed by atoms with Crippen molar-refractivity contribution in [3.8, 4) is 44.5 Å². The van der Waals surface area contributed by atoms with Crippen LogP contribution in [0, 0.1) is 0 Å². The number of rotatable bonds is 4. The first-order valence-corrected chi connectivity index (χ1v) is 20.2. The molecule has 0 spiro atoms. The summed E-state index contributed by atoms with van der Waals surface area (Å²) in [6, 6.07) is 48.7. The topological polar surface area (TPSA) is 13.1 Å². The third kappa shape index (κ3) is 5.21. The highest BCUT2D eigenvalue weighted by molar-refractivity contribution is 6.71. The Bertz CT molecular complexity index is 3240. The van der Waals surface area contributed by atoms with Gasteiger partial charge in [-0.3, -0.25) is 0 Å². The van der Waals surface area contributed by atoms with E-state index in [1.807, 2.05) is 0 Å².